The zero-order chi connectivity index (χ0) is 25.8. The molecule has 36 heavy (non-hydrogen) atoms. The lowest BCUT2D eigenvalue weighted by atomic mass is 9.90. The van der Waals surface area contributed by atoms with Gasteiger partial charge in [-0.15, -0.1) is 0 Å². The summed E-state index contributed by atoms with van der Waals surface area (Å²) < 4.78 is 11.5. The van der Waals surface area contributed by atoms with Crippen LogP contribution in [0.5, 0.6) is 5.75 Å². The van der Waals surface area contributed by atoms with Crippen LogP contribution >= 0.6 is 11.6 Å². The number of ether oxygens (including phenoxy) is 1. The molecule has 4 amide bonds. The van der Waals surface area contributed by atoms with Gasteiger partial charge in [0.15, 0.2) is 0 Å². The normalized spacial score (nSPS) is 15.8. The number of furan rings is 1. The molecular formula is C26H29ClN4O5. The highest BCUT2D eigenvalue weighted by atomic mass is 35.5. The predicted octanol–water partition coefficient (Wildman–Crippen LogP) is 4.18. The van der Waals surface area contributed by atoms with E-state index in [1.54, 1.807) is 18.4 Å². The second kappa shape index (κ2) is 11.0. The minimum atomic E-state index is -0.420. The SMILES string of the molecule is Cc1c(Cl)cc(NC(=O)NCc2ccc3c(C4CCC(=O)NC4=O)coc3c2)cc1OCCN(C)C. The first-order valence-electron chi connectivity index (χ1n) is 11.7. The molecule has 10 heteroatoms. The molecule has 190 valence electrons. The van der Waals surface area contributed by atoms with Gasteiger partial charge in [0.05, 0.1) is 12.2 Å². The molecule has 1 fully saturated rings. The summed E-state index contributed by atoms with van der Waals surface area (Å²) in [6.07, 6.45) is 2.32. The quantitative estimate of drug-likeness (QED) is 0.390. The van der Waals surface area contributed by atoms with Crippen LogP contribution in [0.2, 0.25) is 5.02 Å². The molecule has 1 unspecified atom stereocenters. The highest BCUT2D eigenvalue weighted by Gasteiger charge is 2.30. The average molecular weight is 513 g/mol. The van der Waals surface area contributed by atoms with Gasteiger partial charge in [-0.2, -0.15) is 0 Å². The summed E-state index contributed by atoms with van der Waals surface area (Å²) in [5.41, 5.74) is 3.53. The Bertz CT molecular complexity index is 1300. The van der Waals surface area contributed by atoms with Crippen LogP contribution in [0, 0.1) is 6.92 Å². The largest absolute Gasteiger partial charge is 0.492 e. The van der Waals surface area contributed by atoms with E-state index in [0.717, 1.165) is 28.6 Å². The Morgan fingerprint density at radius 2 is 2.06 bits per heavy atom. The zero-order valence-electron chi connectivity index (χ0n) is 20.4. The fourth-order valence-corrected chi connectivity index (χ4v) is 4.25. The molecule has 1 saturated heterocycles. The number of imide groups is 1. The second-order valence-electron chi connectivity index (χ2n) is 9.07. The minimum absolute atomic E-state index is 0.253. The molecule has 0 spiro atoms. The first-order valence-corrected chi connectivity index (χ1v) is 12.1. The molecule has 2 aromatic carbocycles. The number of hydrogen-bond donors (Lipinski definition) is 3. The number of fused-ring (bicyclic) bond motifs is 1. The van der Waals surface area contributed by atoms with Crippen molar-refractivity contribution in [1.82, 2.24) is 15.5 Å². The summed E-state index contributed by atoms with van der Waals surface area (Å²) in [6.45, 7) is 3.39. The summed E-state index contributed by atoms with van der Waals surface area (Å²) in [7, 11) is 3.93. The van der Waals surface area contributed by atoms with Gasteiger partial charge in [0, 0.05) is 52.8 Å². The van der Waals surface area contributed by atoms with Crippen molar-refractivity contribution >= 4 is 46.1 Å². The van der Waals surface area contributed by atoms with Gasteiger partial charge < -0.3 is 24.7 Å². The van der Waals surface area contributed by atoms with E-state index in [1.807, 2.05) is 44.1 Å². The van der Waals surface area contributed by atoms with Crippen LogP contribution in [0.1, 0.15) is 35.4 Å². The Hall–Kier alpha value is -3.56. The second-order valence-corrected chi connectivity index (χ2v) is 9.47. The van der Waals surface area contributed by atoms with Crippen LogP contribution in [-0.4, -0.2) is 50.0 Å². The van der Waals surface area contributed by atoms with Gasteiger partial charge in [-0.1, -0.05) is 23.7 Å². The molecular weight excluding hydrogens is 484 g/mol. The molecule has 0 radical (unpaired) electrons. The van der Waals surface area contributed by atoms with Crippen molar-refractivity contribution in [2.75, 3.05) is 32.6 Å². The molecule has 0 saturated carbocycles. The predicted molar refractivity (Wildman–Crippen MR) is 137 cm³/mol. The molecule has 3 aromatic rings. The standard InChI is InChI=1S/C26H29ClN4O5/c1-15-21(27)11-17(12-22(15)35-9-8-31(2)3)29-26(34)28-13-16-4-5-18-20(14-36-23(18)10-16)19-6-7-24(32)30-25(19)33/h4-5,10-12,14,19H,6-9,13H2,1-3H3,(H2,28,29,34)(H,30,32,33). The summed E-state index contributed by atoms with van der Waals surface area (Å²) in [5, 5.41) is 9.31. The van der Waals surface area contributed by atoms with Crippen LogP contribution in [0.3, 0.4) is 0 Å². The minimum Gasteiger partial charge on any atom is -0.492 e. The van der Waals surface area contributed by atoms with Crippen LogP contribution < -0.4 is 20.7 Å². The van der Waals surface area contributed by atoms with E-state index in [2.05, 4.69) is 16.0 Å². The Balaban J connectivity index is 1.37. The number of benzene rings is 2. The van der Waals surface area contributed by atoms with Gasteiger partial charge in [0.2, 0.25) is 11.8 Å². The van der Waals surface area contributed by atoms with Crippen molar-refractivity contribution in [3.05, 3.63) is 58.3 Å². The molecule has 1 aliphatic heterocycles. The highest BCUT2D eigenvalue weighted by Crippen LogP contribution is 2.33. The van der Waals surface area contributed by atoms with Crippen molar-refractivity contribution in [3.8, 4) is 5.75 Å². The molecule has 4 rings (SSSR count). The third-order valence-corrected chi connectivity index (χ3v) is 6.48. The monoisotopic (exact) mass is 512 g/mol. The number of halogens is 1. The number of urea groups is 1. The summed E-state index contributed by atoms with van der Waals surface area (Å²) in [5.74, 6) is -0.359. The Labute approximate surface area is 214 Å². The number of nitrogens with zero attached hydrogens (tertiary/aromatic N) is 1. The number of likely N-dealkylation sites (N-methyl/N-ethyl adjacent to an activating group) is 1. The van der Waals surface area contributed by atoms with Crippen LogP contribution in [-0.2, 0) is 16.1 Å². The van der Waals surface area contributed by atoms with Gasteiger partial charge >= 0.3 is 6.03 Å². The zero-order valence-corrected chi connectivity index (χ0v) is 21.2. The number of rotatable bonds is 8. The third-order valence-electron chi connectivity index (χ3n) is 6.09. The molecule has 9 nitrogen and oxygen atoms in total. The van der Waals surface area contributed by atoms with E-state index in [-0.39, 0.29) is 18.4 Å². The molecule has 1 aliphatic rings. The van der Waals surface area contributed by atoms with Crippen molar-refractivity contribution in [1.29, 1.82) is 0 Å². The number of amides is 4. The summed E-state index contributed by atoms with van der Waals surface area (Å²) in [6, 6.07) is 8.60. The first kappa shape index (κ1) is 25.5. The molecule has 1 aromatic heterocycles. The Kier molecular flexibility index (Phi) is 7.81. The van der Waals surface area contributed by atoms with Crippen LogP contribution in [0.15, 0.2) is 41.0 Å². The van der Waals surface area contributed by atoms with Gasteiger partial charge in [-0.3, -0.25) is 14.9 Å². The number of anilines is 1. The van der Waals surface area contributed by atoms with E-state index in [1.165, 1.54) is 0 Å². The van der Waals surface area contributed by atoms with E-state index >= 15 is 0 Å². The number of nitrogens with one attached hydrogen (secondary N) is 3. The van der Waals surface area contributed by atoms with Crippen LogP contribution in [0.4, 0.5) is 10.5 Å². The number of piperidine rings is 1. The van der Waals surface area contributed by atoms with Gasteiger partial charge in [-0.05, 0) is 45.1 Å². The van der Waals surface area contributed by atoms with Crippen molar-refractivity contribution in [2.45, 2.75) is 32.2 Å². The van der Waals surface area contributed by atoms with Crippen molar-refractivity contribution < 1.29 is 23.5 Å². The molecule has 3 N–H and O–H groups in total. The van der Waals surface area contributed by atoms with Gasteiger partial charge in [0.25, 0.3) is 0 Å². The molecule has 0 aliphatic carbocycles. The molecule has 0 bridgehead atoms. The lowest BCUT2D eigenvalue weighted by molar-refractivity contribution is -0.134. The van der Waals surface area contributed by atoms with Gasteiger partial charge in [-0.25, -0.2) is 4.79 Å². The first-order chi connectivity index (χ1) is 17.2. The third kappa shape index (κ3) is 5.98. The number of carbonyl (C=O) groups excluding carboxylic acids is 3. The van der Waals surface area contributed by atoms with Crippen molar-refractivity contribution in [3.63, 3.8) is 0 Å². The maximum Gasteiger partial charge on any atom is 0.319 e. The van der Waals surface area contributed by atoms with Gasteiger partial charge in [0.1, 0.15) is 17.9 Å². The Morgan fingerprint density at radius 3 is 2.81 bits per heavy atom. The fraction of sp³-hybridized carbons (Fsp3) is 0.346. The molecule has 2 heterocycles. The van der Waals surface area contributed by atoms with Crippen molar-refractivity contribution in [2.24, 2.45) is 0 Å². The lowest BCUT2D eigenvalue weighted by Crippen LogP contribution is -2.39. The van der Waals surface area contributed by atoms with Crippen LogP contribution in [0.25, 0.3) is 11.0 Å². The maximum atomic E-state index is 12.5. The smallest absolute Gasteiger partial charge is 0.319 e. The number of hydrogen-bond acceptors (Lipinski definition) is 6. The van der Waals surface area contributed by atoms with E-state index < -0.39 is 11.9 Å². The highest BCUT2D eigenvalue weighted by molar-refractivity contribution is 6.32. The molecule has 1 atom stereocenters. The fourth-order valence-electron chi connectivity index (χ4n) is 4.03. The van der Waals surface area contributed by atoms with E-state index in [9.17, 15) is 14.4 Å². The lowest BCUT2D eigenvalue weighted by Gasteiger charge is -2.19. The topological polar surface area (TPSA) is 113 Å². The number of carbonyl (C=O) groups is 3. The average Bonchev–Trinajstić information content (AvgIpc) is 3.23. The van der Waals surface area contributed by atoms with E-state index in [0.29, 0.717) is 41.5 Å². The summed E-state index contributed by atoms with van der Waals surface area (Å²) >= 11 is 6.33. The van der Waals surface area contributed by atoms with E-state index in [4.69, 9.17) is 20.8 Å². The maximum absolute atomic E-state index is 12.5. The summed E-state index contributed by atoms with van der Waals surface area (Å²) in [4.78, 5) is 38.2. The Morgan fingerprint density at radius 1 is 1.25 bits per heavy atom.